The molecule has 54 heavy (non-hydrogen) atoms. The van der Waals surface area contributed by atoms with Gasteiger partial charge in [0.25, 0.3) is 0 Å². The number of hydrogen-bond acceptors (Lipinski definition) is 11. The zero-order valence-corrected chi connectivity index (χ0v) is 39.1. The van der Waals surface area contributed by atoms with Gasteiger partial charge in [-0.1, -0.05) is 0 Å². The van der Waals surface area contributed by atoms with Crippen LogP contribution in [-0.4, -0.2) is 112 Å². The van der Waals surface area contributed by atoms with Crippen LogP contribution in [-0.2, 0) is 47.5 Å². The number of ether oxygens (including phenoxy) is 7. The third-order valence-electron chi connectivity index (χ3n) is 8.70. The minimum absolute atomic E-state index is 0.0762. The maximum atomic E-state index is 12.0. The topological polar surface area (TPSA) is 178 Å². The highest BCUT2D eigenvalue weighted by molar-refractivity contribution is 7.15. The predicted molar refractivity (Wildman–Crippen MR) is 226 cm³/mol. The highest BCUT2D eigenvalue weighted by Crippen LogP contribution is 2.31. The summed E-state index contributed by atoms with van der Waals surface area (Å²) in [6, 6.07) is 0. The fraction of sp³-hybridized carbons (Fsp3) is 0.917. The summed E-state index contributed by atoms with van der Waals surface area (Å²) in [5, 5.41) is 7.68. The highest BCUT2D eigenvalue weighted by atomic mass is 31.0. The first-order valence-electron chi connectivity index (χ1n) is 18.7. The SMILES string of the molecule is BC(C)(CC(=O)NP)OCCC(C)(C)OCC(COC(C)C)(COC(C)(C)CCOC(C)(C)CC(=O)NP)COC(C)(N)CCOC(C)(C)CC(=O)NP. The fourth-order valence-corrected chi connectivity index (χ4v) is 5.27. The third kappa shape index (κ3) is 25.6. The van der Waals surface area contributed by atoms with Crippen LogP contribution in [0, 0.1) is 5.41 Å². The summed E-state index contributed by atoms with van der Waals surface area (Å²) in [7, 11) is 8.54. The van der Waals surface area contributed by atoms with Crippen molar-refractivity contribution in [1.82, 2.24) is 15.3 Å². The van der Waals surface area contributed by atoms with Crippen LogP contribution >= 0.6 is 28.2 Å². The molecule has 0 aliphatic rings. The van der Waals surface area contributed by atoms with E-state index >= 15 is 0 Å². The lowest BCUT2D eigenvalue weighted by atomic mass is 9.80. The van der Waals surface area contributed by atoms with Gasteiger partial charge in [-0.2, -0.15) is 0 Å². The van der Waals surface area contributed by atoms with Crippen molar-refractivity contribution in [2.45, 2.75) is 161 Å². The molecule has 0 bridgehead atoms. The molecule has 0 saturated heterocycles. The Hall–Kier alpha value is -0.555. The highest BCUT2D eigenvalue weighted by Gasteiger charge is 2.39. The van der Waals surface area contributed by atoms with E-state index in [1.807, 2.05) is 84.0 Å². The molecule has 0 aliphatic carbocycles. The molecule has 0 spiro atoms. The summed E-state index contributed by atoms with van der Waals surface area (Å²) in [6.45, 7) is 25.0. The molecule has 0 rings (SSSR count). The molecule has 0 radical (unpaired) electrons. The zero-order valence-electron chi connectivity index (χ0n) is 35.7. The van der Waals surface area contributed by atoms with Crippen molar-refractivity contribution in [3.05, 3.63) is 0 Å². The van der Waals surface area contributed by atoms with E-state index in [2.05, 4.69) is 43.4 Å². The van der Waals surface area contributed by atoms with Crippen LogP contribution in [0.4, 0.5) is 0 Å². The van der Waals surface area contributed by atoms with Crippen LogP contribution in [0.5, 0.6) is 0 Å². The second kappa shape index (κ2) is 23.8. The maximum absolute atomic E-state index is 12.0. The molecular formula is C36H76BN4O10P3. The van der Waals surface area contributed by atoms with E-state index in [1.165, 1.54) is 0 Å². The van der Waals surface area contributed by atoms with Gasteiger partial charge < -0.3 is 54.2 Å². The lowest BCUT2D eigenvalue weighted by Crippen LogP contribution is -2.51. The Morgan fingerprint density at radius 2 is 0.926 bits per heavy atom. The normalized spacial score (nSPS) is 16.3. The van der Waals surface area contributed by atoms with Crippen molar-refractivity contribution in [3.63, 3.8) is 0 Å². The molecule has 6 atom stereocenters. The Balaban J connectivity index is 6.09. The van der Waals surface area contributed by atoms with Gasteiger partial charge in [-0.25, -0.2) is 0 Å². The van der Waals surface area contributed by atoms with Crippen molar-refractivity contribution in [3.8, 4) is 0 Å². The molecule has 6 unspecified atom stereocenters. The van der Waals surface area contributed by atoms with Crippen LogP contribution in [0.15, 0.2) is 0 Å². The maximum Gasteiger partial charge on any atom is 0.225 e. The fourth-order valence-electron chi connectivity index (χ4n) is 4.97. The number of carbonyl (C=O) groups excluding carboxylic acids is 3. The number of nitrogens with one attached hydrogen (secondary N) is 3. The minimum atomic E-state index is -1.08. The molecule has 0 aromatic carbocycles. The number of hydrogen-bond donors (Lipinski definition) is 4. The van der Waals surface area contributed by atoms with Gasteiger partial charge in [0.2, 0.25) is 17.7 Å². The molecule has 18 heteroatoms. The standard InChI is InChI=1S/C36H76BN4O10P3/c1-26(2)45-22-36(23-49-30(3,4)13-16-46-32(7,8)19-27(42)39-52,24-50-31(5,6)14-17-48-34(11,37)21-29(44)41-54)25-51-35(12,38)15-18-47-33(9,10)20-28(43)40-53/h26H,13-25,37-38,52-54H2,1-12H3,(H,39,42)(H,40,43)(H,41,44). The van der Waals surface area contributed by atoms with E-state index in [4.69, 9.17) is 38.9 Å². The molecular weight excluding hydrogens is 752 g/mol. The quantitative estimate of drug-likeness (QED) is 0.0472. The Morgan fingerprint density at radius 1 is 0.556 bits per heavy atom. The molecule has 5 N–H and O–H groups in total. The van der Waals surface area contributed by atoms with Crippen molar-refractivity contribution >= 4 is 53.7 Å². The minimum Gasteiger partial charge on any atom is -0.384 e. The second-order valence-electron chi connectivity index (χ2n) is 17.9. The van der Waals surface area contributed by atoms with E-state index in [-0.39, 0.29) is 76.1 Å². The monoisotopic (exact) mass is 828 g/mol. The summed E-state index contributed by atoms with van der Waals surface area (Å²) in [4.78, 5) is 35.8. The molecule has 318 valence electrons. The predicted octanol–water partition coefficient (Wildman–Crippen LogP) is 3.70. The first-order chi connectivity index (χ1) is 24.5. The smallest absolute Gasteiger partial charge is 0.225 e. The van der Waals surface area contributed by atoms with Crippen LogP contribution in [0.3, 0.4) is 0 Å². The Labute approximate surface area is 334 Å². The molecule has 3 amide bonds. The van der Waals surface area contributed by atoms with Gasteiger partial charge in [0, 0.05) is 24.9 Å². The summed E-state index contributed by atoms with van der Waals surface area (Å²) < 4.78 is 44.3. The van der Waals surface area contributed by atoms with Crippen molar-refractivity contribution < 1.29 is 47.5 Å². The molecule has 0 fully saturated rings. The molecule has 0 aromatic heterocycles. The largest absolute Gasteiger partial charge is 0.384 e. The number of nitrogens with two attached hydrogens (primary N) is 1. The average Bonchev–Trinajstić information content (AvgIpc) is 3.02. The first-order valence-corrected chi connectivity index (χ1v) is 20.5. The summed E-state index contributed by atoms with van der Waals surface area (Å²) in [6.07, 6.45) is 2.05. The van der Waals surface area contributed by atoms with Gasteiger partial charge in [0.05, 0.1) is 86.4 Å². The number of carbonyl (C=O) groups is 3. The zero-order chi connectivity index (χ0) is 42.1. The van der Waals surface area contributed by atoms with E-state index < -0.39 is 39.0 Å². The van der Waals surface area contributed by atoms with E-state index in [9.17, 15) is 14.4 Å². The van der Waals surface area contributed by atoms with Gasteiger partial charge in [0.15, 0.2) is 0 Å². The van der Waals surface area contributed by atoms with E-state index in [1.54, 1.807) is 6.92 Å². The Kier molecular flexibility index (Phi) is 23.5. The second-order valence-corrected chi connectivity index (χ2v) is 18.7. The molecule has 14 nitrogen and oxygen atoms in total. The van der Waals surface area contributed by atoms with E-state index in [0.29, 0.717) is 32.5 Å². The van der Waals surface area contributed by atoms with Gasteiger partial charge in [0.1, 0.15) is 13.6 Å². The summed E-state index contributed by atoms with van der Waals surface area (Å²) >= 11 is 0. The van der Waals surface area contributed by atoms with Crippen LogP contribution in [0.1, 0.15) is 122 Å². The molecule has 0 heterocycles. The molecule has 0 aliphatic heterocycles. The number of amides is 3. The van der Waals surface area contributed by atoms with Crippen LogP contribution in [0.2, 0.25) is 0 Å². The number of rotatable bonds is 30. The van der Waals surface area contributed by atoms with Gasteiger partial charge in [-0.15, -0.1) is 0 Å². The van der Waals surface area contributed by atoms with Gasteiger partial charge in [-0.05, 0) is 124 Å². The lowest BCUT2D eigenvalue weighted by molar-refractivity contribution is -0.188. The first kappa shape index (κ1) is 53.4. The van der Waals surface area contributed by atoms with Crippen molar-refractivity contribution in [2.24, 2.45) is 11.1 Å². The molecule has 0 aromatic rings. The lowest BCUT2D eigenvalue weighted by Gasteiger charge is -2.41. The van der Waals surface area contributed by atoms with Gasteiger partial charge in [-0.3, -0.25) is 14.4 Å². The van der Waals surface area contributed by atoms with Crippen molar-refractivity contribution in [1.29, 1.82) is 0 Å². The Bertz CT molecular complexity index is 1020. The summed E-state index contributed by atoms with van der Waals surface area (Å²) in [5.41, 5.74) is 1.61. The summed E-state index contributed by atoms with van der Waals surface area (Å²) in [5.74, 6) is -0.391. The van der Waals surface area contributed by atoms with Crippen LogP contribution in [0.25, 0.3) is 0 Å². The Morgan fingerprint density at radius 3 is 1.33 bits per heavy atom. The average molecular weight is 829 g/mol. The van der Waals surface area contributed by atoms with E-state index in [0.717, 1.165) is 0 Å². The molecule has 0 saturated carbocycles. The van der Waals surface area contributed by atoms with Crippen molar-refractivity contribution in [2.75, 3.05) is 46.2 Å². The van der Waals surface area contributed by atoms with Gasteiger partial charge >= 0.3 is 0 Å². The third-order valence-corrected chi connectivity index (χ3v) is 9.66. The van der Waals surface area contributed by atoms with Crippen LogP contribution < -0.4 is 21.0 Å².